The smallest absolute Gasteiger partial charge is 0.325 e. The van der Waals surface area contributed by atoms with E-state index in [0.29, 0.717) is 6.54 Å². The number of amides is 2. The second kappa shape index (κ2) is 6.08. The number of nitrogens with zero attached hydrogens (tertiary/aromatic N) is 5. The van der Waals surface area contributed by atoms with Crippen LogP contribution in [-0.4, -0.2) is 54.6 Å². The van der Waals surface area contributed by atoms with Crippen LogP contribution in [0.3, 0.4) is 0 Å². The number of anilines is 2. The molecule has 0 aliphatic carbocycles. The molecule has 1 fully saturated rings. The van der Waals surface area contributed by atoms with Crippen LogP contribution in [0.1, 0.15) is 24.8 Å². The molecule has 0 atom stereocenters. The number of aromatic nitrogens is 2. The van der Waals surface area contributed by atoms with E-state index >= 15 is 0 Å². The van der Waals surface area contributed by atoms with Gasteiger partial charge in [0.2, 0.25) is 0 Å². The molecule has 7 nitrogen and oxygen atoms in total. The first-order valence-corrected chi connectivity index (χ1v) is 7.89. The summed E-state index contributed by atoms with van der Waals surface area (Å²) in [5.41, 5.74) is 6.71. The average molecular weight is 304 g/mol. The monoisotopic (exact) mass is 304 g/mol. The molecule has 0 unspecified atom stereocenters. The van der Waals surface area contributed by atoms with Crippen LogP contribution >= 0.6 is 0 Å². The van der Waals surface area contributed by atoms with Gasteiger partial charge in [0.1, 0.15) is 18.0 Å². The summed E-state index contributed by atoms with van der Waals surface area (Å²) < 4.78 is 0. The van der Waals surface area contributed by atoms with Gasteiger partial charge in [-0.2, -0.15) is 0 Å². The summed E-state index contributed by atoms with van der Waals surface area (Å²) in [7, 11) is 3.58. The summed E-state index contributed by atoms with van der Waals surface area (Å²) in [6, 6.07) is -0.0289. The first-order valence-electron chi connectivity index (χ1n) is 7.89. The highest BCUT2D eigenvalue weighted by Gasteiger charge is 2.31. The van der Waals surface area contributed by atoms with Crippen molar-refractivity contribution in [3.8, 4) is 0 Å². The standard InChI is InChI=1S/C15H24N6O/c1-19-9-12-13(20(2)15(19)22)17-10-18-14(12)21-7-4-11(3-6-16)5-8-21/h10-11H,3-9,16H2,1-2H3. The zero-order valence-electron chi connectivity index (χ0n) is 13.3. The van der Waals surface area contributed by atoms with Crippen molar-refractivity contribution in [2.45, 2.75) is 25.8 Å². The lowest BCUT2D eigenvalue weighted by Crippen LogP contribution is -2.45. The molecule has 2 aliphatic rings. The number of urea groups is 1. The quantitative estimate of drug-likeness (QED) is 0.903. The normalized spacial score (nSPS) is 19.6. The summed E-state index contributed by atoms with van der Waals surface area (Å²) in [6.45, 7) is 3.33. The summed E-state index contributed by atoms with van der Waals surface area (Å²) in [6.07, 6.45) is 4.98. The molecule has 1 saturated heterocycles. The van der Waals surface area contributed by atoms with Crippen LogP contribution in [0.2, 0.25) is 0 Å². The molecule has 2 amide bonds. The lowest BCUT2D eigenvalue weighted by Gasteiger charge is -2.37. The Labute approximate surface area is 131 Å². The molecule has 0 saturated carbocycles. The van der Waals surface area contributed by atoms with E-state index in [-0.39, 0.29) is 6.03 Å². The van der Waals surface area contributed by atoms with Crippen LogP contribution in [0.4, 0.5) is 16.4 Å². The van der Waals surface area contributed by atoms with Crippen LogP contribution in [0, 0.1) is 5.92 Å². The van der Waals surface area contributed by atoms with E-state index in [1.54, 1.807) is 23.2 Å². The number of piperidine rings is 1. The summed E-state index contributed by atoms with van der Waals surface area (Å²) in [5.74, 6) is 2.44. The fourth-order valence-electron chi connectivity index (χ4n) is 3.42. The molecule has 0 radical (unpaired) electrons. The maximum absolute atomic E-state index is 12.1. The van der Waals surface area contributed by atoms with Crippen LogP contribution in [0.5, 0.6) is 0 Å². The van der Waals surface area contributed by atoms with Crippen molar-refractivity contribution in [3.05, 3.63) is 11.9 Å². The lowest BCUT2D eigenvalue weighted by molar-refractivity contribution is 0.211. The Morgan fingerprint density at radius 1 is 1.23 bits per heavy atom. The lowest BCUT2D eigenvalue weighted by atomic mass is 9.93. The summed E-state index contributed by atoms with van der Waals surface area (Å²) in [5, 5.41) is 0. The van der Waals surface area contributed by atoms with Crippen molar-refractivity contribution in [3.63, 3.8) is 0 Å². The minimum absolute atomic E-state index is 0.0289. The third-order valence-corrected chi connectivity index (χ3v) is 4.72. The number of hydrogen-bond acceptors (Lipinski definition) is 5. The maximum atomic E-state index is 12.1. The molecule has 2 aliphatic heterocycles. The maximum Gasteiger partial charge on any atom is 0.325 e. The number of hydrogen-bond donors (Lipinski definition) is 1. The fraction of sp³-hybridized carbons (Fsp3) is 0.667. The van der Waals surface area contributed by atoms with Gasteiger partial charge in [-0.15, -0.1) is 0 Å². The number of carbonyl (C=O) groups is 1. The molecule has 0 bridgehead atoms. The molecule has 3 rings (SSSR count). The molecule has 1 aromatic heterocycles. The Bertz CT molecular complexity index is 555. The third-order valence-electron chi connectivity index (χ3n) is 4.72. The van der Waals surface area contributed by atoms with E-state index < -0.39 is 0 Å². The highest BCUT2D eigenvalue weighted by Crippen LogP contribution is 2.33. The summed E-state index contributed by atoms with van der Waals surface area (Å²) >= 11 is 0. The van der Waals surface area contributed by atoms with E-state index in [1.165, 1.54) is 0 Å². The van der Waals surface area contributed by atoms with Crippen LogP contribution in [0.25, 0.3) is 0 Å². The number of rotatable bonds is 3. The second-order valence-electron chi connectivity index (χ2n) is 6.20. The highest BCUT2D eigenvalue weighted by atomic mass is 16.2. The van der Waals surface area contributed by atoms with E-state index in [0.717, 1.165) is 62.0 Å². The van der Waals surface area contributed by atoms with Crippen molar-refractivity contribution in [1.29, 1.82) is 0 Å². The van der Waals surface area contributed by atoms with Crippen molar-refractivity contribution >= 4 is 17.7 Å². The Hall–Kier alpha value is -1.89. The van der Waals surface area contributed by atoms with Crippen LogP contribution < -0.4 is 15.5 Å². The van der Waals surface area contributed by atoms with Gasteiger partial charge in [0.25, 0.3) is 0 Å². The van der Waals surface area contributed by atoms with Gasteiger partial charge in [-0.1, -0.05) is 0 Å². The molecule has 2 N–H and O–H groups in total. The SMILES string of the molecule is CN1Cc2c(N3CCC(CCN)CC3)ncnc2N(C)C1=O. The predicted octanol–water partition coefficient (Wildman–Crippen LogP) is 1.04. The van der Waals surface area contributed by atoms with Crippen molar-refractivity contribution in [2.75, 3.05) is 43.5 Å². The first-order chi connectivity index (χ1) is 10.6. The Balaban J connectivity index is 1.83. The van der Waals surface area contributed by atoms with Crippen LogP contribution in [-0.2, 0) is 6.54 Å². The molecule has 3 heterocycles. The third kappa shape index (κ3) is 2.61. The van der Waals surface area contributed by atoms with Crippen LogP contribution in [0.15, 0.2) is 6.33 Å². The minimum atomic E-state index is -0.0289. The average Bonchev–Trinajstić information content (AvgIpc) is 2.53. The fourth-order valence-corrected chi connectivity index (χ4v) is 3.42. The zero-order chi connectivity index (χ0) is 15.7. The Morgan fingerprint density at radius 2 is 1.91 bits per heavy atom. The zero-order valence-corrected chi connectivity index (χ0v) is 13.3. The molecule has 7 heteroatoms. The topological polar surface area (TPSA) is 78.6 Å². The molecule has 120 valence electrons. The Morgan fingerprint density at radius 3 is 2.59 bits per heavy atom. The first kappa shape index (κ1) is 15.0. The number of fused-ring (bicyclic) bond motifs is 1. The van der Waals surface area contributed by atoms with Gasteiger partial charge in [-0.3, -0.25) is 4.90 Å². The largest absolute Gasteiger partial charge is 0.356 e. The molecule has 0 spiro atoms. The molecular formula is C15H24N6O. The van der Waals surface area contributed by atoms with Gasteiger partial charge in [0, 0.05) is 27.2 Å². The highest BCUT2D eigenvalue weighted by molar-refractivity contribution is 5.93. The van der Waals surface area contributed by atoms with E-state index in [9.17, 15) is 4.79 Å². The van der Waals surface area contributed by atoms with Gasteiger partial charge in [-0.25, -0.2) is 14.8 Å². The van der Waals surface area contributed by atoms with Gasteiger partial charge >= 0.3 is 6.03 Å². The Kier molecular flexibility index (Phi) is 4.15. The van der Waals surface area contributed by atoms with E-state index in [2.05, 4.69) is 14.9 Å². The number of carbonyl (C=O) groups excluding carboxylic acids is 1. The molecular weight excluding hydrogens is 280 g/mol. The molecule has 0 aromatic carbocycles. The predicted molar refractivity (Wildman–Crippen MR) is 85.9 cm³/mol. The van der Waals surface area contributed by atoms with Crippen molar-refractivity contribution < 1.29 is 4.79 Å². The minimum Gasteiger partial charge on any atom is -0.356 e. The van der Waals surface area contributed by atoms with Gasteiger partial charge in [0.05, 0.1) is 12.1 Å². The van der Waals surface area contributed by atoms with E-state index in [1.807, 2.05) is 7.05 Å². The van der Waals surface area contributed by atoms with E-state index in [4.69, 9.17) is 5.73 Å². The van der Waals surface area contributed by atoms with Crippen molar-refractivity contribution in [1.82, 2.24) is 14.9 Å². The second-order valence-corrected chi connectivity index (χ2v) is 6.20. The summed E-state index contributed by atoms with van der Waals surface area (Å²) in [4.78, 5) is 26.5. The number of nitrogens with two attached hydrogens (primary N) is 1. The molecule has 22 heavy (non-hydrogen) atoms. The van der Waals surface area contributed by atoms with Gasteiger partial charge in [0.15, 0.2) is 0 Å². The van der Waals surface area contributed by atoms with Gasteiger partial charge in [-0.05, 0) is 31.7 Å². The van der Waals surface area contributed by atoms with Gasteiger partial charge < -0.3 is 15.5 Å². The molecule has 1 aromatic rings. The van der Waals surface area contributed by atoms with Crippen molar-refractivity contribution in [2.24, 2.45) is 11.7 Å².